The van der Waals surface area contributed by atoms with Crippen LogP contribution in [-0.2, 0) is 6.42 Å². The SMILES string of the molecule is CC(C)CN(c1ccc(Br)cc1CCN)C1CC1. The van der Waals surface area contributed by atoms with E-state index in [1.54, 1.807) is 0 Å². The third-order valence-electron chi connectivity index (χ3n) is 3.31. The summed E-state index contributed by atoms with van der Waals surface area (Å²) in [5.41, 5.74) is 8.50. The molecule has 1 saturated carbocycles. The molecule has 1 aromatic carbocycles. The predicted molar refractivity (Wildman–Crippen MR) is 82.1 cm³/mol. The first-order valence-electron chi connectivity index (χ1n) is 6.87. The maximum absolute atomic E-state index is 5.74. The molecule has 2 N–H and O–H groups in total. The summed E-state index contributed by atoms with van der Waals surface area (Å²) in [5, 5.41) is 0. The van der Waals surface area contributed by atoms with E-state index < -0.39 is 0 Å². The predicted octanol–water partition coefficient (Wildman–Crippen LogP) is 3.58. The topological polar surface area (TPSA) is 29.3 Å². The molecule has 0 aliphatic heterocycles. The highest BCUT2D eigenvalue weighted by atomic mass is 79.9. The highest BCUT2D eigenvalue weighted by Gasteiger charge is 2.30. The van der Waals surface area contributed by atoms with E-state index in [0.717, 1.165) is 23.5 Å². The molecule has 0 bridgehead atoms. The number of anilines is 1. The standard InChI is InChI=1S/C15H23BrN2/c1-11(2)10-18(14-4-5-14)15-6-3-13(16)9-12(15)7-8-17/h3,6,9,11,14H,4-5,7-8,10,17H2,1-2H3. The summed E-state index contributed by atoms with van der Waals surface area (Å²) >= 11 is 3.56. The molecule has 0 spiro atoms. The third-order valence-corrected chi connectivity index (χ3v) is 3.81. The molecule has 2 nitrogen and oxygen atoms in total. The fourth-order valence-corrected chi connectivity index (χ4v) is 2.82. The lowest BCUT2D eigenvalue weighted by molar-refractivity contribution is 0.605. The van der Waals surface area contributed by atoms with Crippen molar-refractivity contribution in [2.24, 2.45) is 11.7 Å². The lowest BCUT2D eigenvalue weighted by Crippen LogP contribution is -2.30. The van der Waals surface area contributed by atoms with Crippen molar-refractivity contribution in [2.75, 3.05) is 18.0 Å². The van der Waals surface area contributed by atoms with E-state index in [1.807, 2.05) is 0 Å². The Labute approximate surface area is 119 Å². The van der Waals surface area contributed by atoms with Crippen LogP contribution in [0.15, 0.2) is 22.7 Å². The Hall–Kier alpha value is -0.540. The van der Waals surface area contributed by atoms with Crippen LogP contribution in [-0.4, -0.2) is 19.1 Å². The van der Waals surface area contributed by atoms with Crippen LogP contribution in [0, 0.1) is 5.92 Å². The Kier molecular flexibility index (Phi) is 4.68. The van der Waals surface area contributed by atoms with E-state index in [9.17, 15) is 0 Å². The zero-order chi connectivity index (χ0) is 13.1. The second kappa shape index (κ2) is 6.07. The van der Waals surface area contributed by atoms with Gasteiger partial charge < -0.3 is 10.6 Å². The van der Waals surface area contributed by atoms with Gasteiger partial charge in [-0.3, -0.25) is 0 Å². The van der Waals surface area contributed by atoms with Gasteiger partial charge in [0.2, 0.25) is 0 Å². The van der Waals surface area contributed by atoms with Gasteiger partial charge in [-0.1, -0.05) is 29.8 Å². The van der Waals surface area contributed by atoms with Crippen LogP contribution in [0.2, 0.25) is 0 Å². The fraction of sp³-hybridized carbons (Fsp3) is 0.600. The first-order chi connectivity index (χ1) is 8.61. The van der Waals surface area contributed by atoms with E-state index in [0.29, 0.717) is 12.5 Å². The van der Waals surface area contributed by atoms with Gasteiger partial charge in [0.15, 0.2) is 0 Å². The van der Waals surface area contributed by atoms with Crippen molar-refractivity contribution in [1.82, 2.24) is 0 Å². The van der Waals surface area contributed by atoms with E-state index in [4.69, 9.17) is 5.73 Å². The van der Waals surface area contributed by atoms with Gasteiger partial charge in [0.1, 0.15) is 0 Å². The minimum Gasteiger partial charge on any atom is -0.368 e. The Balaban J connectivity index is 2.27. The summed E-state index contributed by atoms with van der Waals surface area (Å²) in [6, 6.07) is 7.36. The van der Waals surface area contributed by atoms with Crippen LogP contribution in [0.3, 0.4) is 0 Å². The van der Waals surface area contributed by atoms with E-state index in [-0.39, 0.29) is 0 Å². The van der Waals surface area contributed by atoms with Gasteiger partial charge in [-0.25, -0.2) is 0 Å². The van der Waals surface area contributed by atoms with E-state index in [1.165, 1.54) is 24.1 Å². The van der Waals surface area contributed by atoms with Crippen molar-refractivity contribution in [3.05, 3.63) is 28.2 Å². The Morgan fingerprint density at radius 3 is 2.67 bits per heavy atom. The summed E-state index contributed by atoms with van der Waals surface area (Å²) in [6.07, 6.45) is 3.63. The second-order valence-electron chi connectivity index (χ2n) is 5.59. The maximum Gasteiger partial charge on any atom is 0.0402 e. The van der Waals surface area contributed by atoms with Crippen molar-refractivity contribution >= 4 is 21.6 Å². The average molecular weight is 311 g/mol. The van der Waals surface area contributed by atoms with Gasteiger partial charge in [-0.15, -0.1) is 0 Å². The molecule has 0 heterocycles. The summed E-state index contributed by atoms with van der Waals surface area (Å²) < 4.78 is 1.15. The fourth-order valence-electron chi connectivity index (χ4n) is 2.41. The molecule has 100 valence electrons. The zero-order valence-corrected chi connectivity index (χ0v) is 12.9. The smallest absolute Gasteiger partial charge is 0.0402 e. The van der Waals surface area contributed by atoms with Gasteiger partial charge in [-0.05, 0) is 55.5 Å². The normalized spacial score (nSPS) is 15.2. The molecule has 3 heteroatoms. The van der Waals surface area contributed by atoms with Crippen molar-refractivity contribution in [3.8, 4) is 0 Å². The monoisotopic (exact) mass is 310 g/mol. The van der Waals surface area contributed by atoms with E-state index >= 15 is 0 Å². The van der Waals surface area contributed by atoms with Crippen LogP contribution >= 0.6 is 15.9 Å². The molecular weight excluding hydrogens is 288 g/mol. The Bertz CT molecular complexity index is 399. The van der Waals surface area contributed by atoms with Gasteiger partial charge in [0.05, 0.1) is 0 Å². The molecule has 1 aliphatic carbocycles. The van der Waals surface area contributed by atoms with Crippen molar-refractivity contribution in [3.63, 3.8) is 0 Å². The third kappa shape index (κ3) is 3.48. The number of rotatable bonds is 6. The maximum atomic E-state index is 5.74. The van der Waals surface area contributed by atoms with E-state index in [2.05, 4.69) is 52.9 Å². The minimum atomic E-state index is 0.694. The first kappa shape index (κ1) is 13.9. The largest absolute Gasteiger partial charge is 0.368 e. The summed E-state index contributed by atoms with van der Waals surface area (Å²) in [7, 11) is 0. The van der Waals surface area contributed by atoms with Crippen LogP contribution in [0.4, 0.5) is 5.69 Å². The molecular formula is C15H23BrN2. The molecule has 18 heavy (non-hydrogen) atoms. The lowest BCUT2D eigenvalue weighted by Gasteiger charge is -2.29. The summed E-state index contributed by atoms with van der Waals surface area (Å²) in [6.45, 7) is 6.43. The number of nitrogens with zero attached hydrogens (tertiary/aromatic N) is 1. The zero-order valence-electron chi connectivity index (χ0n) is 11.3. The molecule has 0 saturated heterocycles. The lowest BCUT2D eigenvalue weighted by atomic mass is 10.1. The minimum absolute atomic E-state index is 0.694. The Morgan fingerprint density at radius 2 is 2.11 bits per heavy atom. The highest BCUT2D eigenvalue weighted by molar-refractivity contribution is 9.10. The van der Waals surface area contributed by atoms with Gasteiger partial charge in [-0.2, -0.15) is 0 Å². The number of nitrogens with two attached hydrogens (primary N) is 1. The van der Waals surface area contributed by atoms with Crippen molar-refractivity contribution < 1.29 is 0 Å². The number of hydrogen-bond donors (Lipinski definition) is 1. The number of halogens is 1. The average Bonchev–Trinajstić information content (AvgIpc) is 3.11. The molecule has 1 fully saturated rings. The summed E-state index contributed by atoms with van der Waals surface area (Å²) in [5.74, 6) is 0.694. The molecule has 0 unspecified atom stereocenters. The second-order valence-corrected chi connectivity index (χ2v) is 6.50. The highest BCUT2D eigenvalue weighted by Crippen LogP contribution is 2.35. The molecule has 1 aliphatic rings. The van der Waals surface area contributed by atoms with Crippen LogP contribution in [0.25, 0.3) is 0 Å². The Morgan fingerprint density at radius 1 is 1.39 bits per heavy atom. The molecule has 2 rings (SSSR count). The van der Waals surface area contributed by atoms with Crippen molar-refractivity contribution in [1.29, 1.82) is 0 Å². The van der Waals surface area contributed by atoms with Crippen molar-refractivity contribution in [2.45, 2.75) is 39.2 Å². The number of hydrogen-bond acceptors (Lipinski definition) is 2. The van der Waals surface area contributed by atoms with Gasteiger partial charge in [0.25, 0.3) is 0 Å². The molecule has 0 radical (unpaired) electrons. The number of benzene rings is 1. The summed E-state index contributed by atoms with van der Waals surface area (Å²) in [4.78, 5) is 2.59. The van der Waals surface area contributed by atoms with Crippen LogP contribution < -0.4 is 10.6 Å². The van der Waals surface area contributed by atoms with Crippen LogP contribution in [0.1, 0.15) is 32.3 Å². The first-order valence-corrected chi connectivity index (χ1v) is 7.66. The van der Waals surface area contributed by atoms with Crippen LogP contribution in [0.5, 0.6) is 0 Å². The molecule has 0 aromatic heterocycles. The van der Waals surface area contributed by atoms with Gasteiger partial charge in [0, 0.05) is 22.7 Å². The quantitative estimate of drug-likeness (QED) is 0.870. The molecule has 0 amide bonds. The molecule has 1 aromatic rings. The molecule has 0 atom stereocenters. The van der Waals surface area contributed by atoms with Gasteiger partial charge >= 0.3 is 0 Å².